The van der Waals surface area contributed by atoms with Crippen LogP contribution in [0.1, 0.15) is 82.8 Å². The highest BCUT2D eigenvalue weighted by atomic mass is 15.4. The third-order valence-electron chi connectivity index (χ3n) is 8.79. The number of benzene rings is 1. The van der Waals surface area contributed by atoms with Crippen LogP contribution >= 0.6 is 0 Å². The quantitative estimate of drug-likeness (QED) is 0.389. The second kappa shape index (κ2) is 12.8. The van der Waals surface area contributed by atoms with Crippen molar-refractivity contribution in [3.8, 4) is 0 Å². The summed E-state index contributed by atoms with van der Waals surface area (Å²) in [7, 11) is 0. The molecule has 0 aromatic heterocycles. The fourth-order valence-corrected chi connectivity index (χ4v) is 6.51. The minimum absolute atomic E-state index is 0.473. The number of aryl methyl sites for hydroxylation is 1. The summed E-state index contributed by atoms with van der Waals surface area (Å²) in [5, 5.41) is 8.91. The van der Waals surface area contributed by atoms with Crippen LogP contribution < -0.4 is 5.73 Å². The van der Waals surface area contributed by atoms with Gasteiger partial charge >= 0.3 is 0 Å². The van der Waals surface area contributed by atoms with Crippen LogP contribution in [0.3, 0.4) is 0 Å². The molecule has 0 unspecified atom stereocenters. The molecule has 0 spiro atoms. The third kappa shape index (κ3) is 6.95. The van der Waals surface area contributed by atoms with Gasteiger partial charge in [0.1, 0.15) is 0 Å². The molecule has 4 rings (SSSR count). The first-order valence-corrected chi connectivity index (χ1v) is 14.7. The minimum Gasteiger partial charge on any atom is -0.370 e. The molecule has 1 aromatic carbocycles. The normalized spacial score (nSPS) is 26.7. The van der Waals surface area contributed by atoms with Gasteiger partial charge in [-0.15, -0.1) is 0 Å². The number of guanidine groups is 2. The zero-order chi connectivity index (χ0) is 25.5. The van der Waals surface area contributed by atoms with E-state index in [4.69, 9.17) is 11.1 Å². The predicted octanol–water partition coefficient (Wildman–Crippen LogP) is 5.25. The second-order valence-corrected chi connectivity index (χ2v) is 11.8. The first-order valence-electron chi connectivity index (χ1n) is 14.7. The summed E-state index contributed by atoms with van der Waals surface area (Å²) in [5.74, 6) is 3.18. The van der Waals surface area contributed by atoms with Gasteiger partial charge in [0.25, 0.3) is 0 Å². The molecule has 1 saturated heterocycles. The largest absolute Gasteiger partial charge is 0.370 e. The Bertz CT molecular complexity index is 874. The van der Waals surface area contributed by atoms with Gasteiger partial charge in [0.2, 0.25) is 0 Å². The van der Waals surface area contributed by atoms with E-state index in [1.54, 1.807) is 0 Å². The molecule has 2 atom stereocenters. The van der Waals surface area contributed by atoms with E-state index in [1.165, 1.54) is 56.1 Å². The van der Waals surface area contributed by atoms with Gasteiger partial charge in [-0.3, -0.25) is 10.4 Å². The van der Waals surface area contributed by atoms with Crippen LogP contribution in [0.4, 0.5) is 0 Å². The molecule has 6 heteroatoms. The molecular formula is C30H50N6. The Morgan fingerprint density at radius 2 is 1.83 bits per heavy atom. The molecule has 200 valence electrons. The van der Waals surface area contributed by atoms with Crippen molar-refractivity contribution in [1.29, 1.82) is 5.41 Å². The van der Waals surface area contributed by atoms with Gasteiger partial charge in [0, 0.05) is 32.2 Å². The molecule has 2 heterocycles. The Morgan fingerprint density at radius 3 is 2.58 bits per heavy atom. The average molecular weight is 495 g/mol. The number of nitrogens with two attached hydrogens (primary N) is 1. The fourth-order valence-electron chi connectivity index (χ4n) is 6.51. The molecule has 6 nitrogen and oxygen atoms in total. The van der Waals surface area contributed by atoms with Crippen molar-refractivity contribution < 1.29 is 0 Å². The number of aliphatic imine (C=N–C) groups is 1. The van der Waals surface area contributed by atoms with E-state index in [0.29, 0.717) is 12.1 Å². The standard InChI is InChI=1S/C30H50N6/c1-4-8-28-22-34(30(32)35(28)18-16-25-10-7-9-24(3)19-25)17-6-5-11-27-20-33-29(31)36(27)21-26-14-12-23(2)13-15-26/h7,9-10,19,23,26-28,32H,4-6,8,11-18,20-22H2,1-3H3,(H2,31,33)/t23?,26?,27-,28+/m0/s1. The zero-order valence-corrected chi connectivity index (χ0v) is 23.1. The van der Waals surface area contributed by atoms with Gasteiger partial charge in [-0.25, -0.2) is 0 Å². The SMILES string of the molecule is CCC[C@@H]1CN(CCCC[C@H]2CN=C(N)N2CC2CCC(C)CC2)C(=N)N1CCc1cccc(C)c1. The molecule has 3 aliphatic rings. The van der Waals surface area contributed by atoms with Crippen molar-refractivity contribution in [3.05, 3.63) is 35.4 Å². The molecule has 0 bridgehead atoms. The van der Waals surface area contributed by atoms with Crippen LogP contribution in [0.2, 0.25) is 0 Å². The van der Waals surface area contributed by atoms with Crippen LogP contribution in [0, 0.1) is 24.2 Å². The average Bonchev–Trinajstić information content (AvgIpc) is 3.35. The Balaban J connectivity index is 1.22. The highest BCUT2D eigenvalue weighted by molar-refractivity contribution is 5.80. The van der Waals surface area contributed by atoms with E-state index < -0.39 is 0 Å². The van der Waals surface area contributed by atoms with Crippen molar-refractivity contribution in [3.63, 3.8) is 0 Å². The first kappa shape index (κ1) is 26.8. The molecular weight excluding hydrogens is 444 g/mol. The molecule has 2 fully saturated rings. The minimum atomic E-state index is 0.473. The van der Waals surface area contributed by atoms with Crippen molar-refractivity contribution in [1.82, 2.24) is 14.7 Å². The number of unbranched alkanes of at least 4 members (excludes halogenated alkanes) is 1. The molecule has 1 aliphatic carbocycles. The number of nitrogens with zero attached hydrogens (tertiary/aromatic N) is 4. The van der Waals surface area contributed by atoms with E-state index in [1.807, 2.05) is 0 Å². The van der Waals surface area contributed by atoms with Gasteiger partial charge in [-0.05, 0) is 69.3 Å². The van der Waals surface area contributed by atoms with Gasteiger partial charge < -0.3 is 20.4 Å². The molecule has 36 heavy (non-hydrogen) atoms. The van der Waals surface area contributed by atoms with Crippen LogP contribution in [-0.2, 0) is 6.42 Å². The molecule has 2 aliphatic heterocycles. The van der Waals surface area contributed by atoms with E-state index in [9.17, 15) is 0 Å². The Morgan fingerprint density at radius 1 is 1.03 bits per heavy atom. The summed E-state index contributed by atoms with van der Waals surface area (Å²) in [6.45, 7) is 11.7. The summed E-state index contributed by atoms with van der Waals surface area (Å²) >= 11 is 0. The smallest absolute Gasteiger partial charge is 0.194 e. The summed E-state index contributed by atoms with van der Waals surface area (Å²) in [6, 6.07) is 9.76. The number of hydrogen-bond donors (Lipinski definition) is 2. The van der Waals surface area contributed by atoms with E-state index in [0.717, 1.165) is 75.7 Å². The predicted molar refractivity (Wildman–Crippen MR) is 152 cm³/mol. The first-order chi connectivity index (χ1) is 17.4. The lowest BCUT2D eigenvalue weighted by Crippen LogP contribution is -2.44. The van der Waals surface area contributed by atoms with E-state index >= 15 is 0 Å². The van der Waals surface area contributed by atoms with Crippen molar-refractivity contribution in [2.45, 2.75) is 97.1 Å². The van der Waals surface area contributed by atoms with Crippen LogP contribution in [-0.4, -0.2) is 71.4 Å². The summed E-state index contributed by atoms with van der Waals surface area (Å²) in [5.41, 5.74) is 9.00. The second-order valence-electron chi connectivity index (χ2n) is 11.8. The Labute approximate surface area is 219 Å². The monoisotopic (exact) mass is 494 g/mol. The molecule has 0 radical (unpaired) electrons. The summed E-state index contributed by atoms with van der Waals surface area (Å²) in [6.07, 6.45) is 12.2. The van der Waals surface area contributed by atoms with Gasteiger partial charge in [-0.2, -0.15) is 0 Å². The Hall–Kier alpha value is -2.24. The lowest BCUT2D eigenvalue weighted by Gasteiger charge is -2.33. The maximum Gasteiger partial charge on any atom is 0.194 e. The van der Waals surface area contributed by atoms with Gasteiger partial charge in [-0.1, -0.05) is 62.9 Å². The lowest BCUT2D eigenvalue weighted by molar-refractivity contribution is 0.211. The van der Waals surface area contributed by atoms with Crippen LogP contribution in [0.15, 0.2) is 29.3 Å². The molecule has 1 saturated carbocycles. The van der Waals surface area contributed by atoms with E-state index in [2.05, 4.69) is 64.7 Å². The number of nitrogens with one attached hydrogen (secondary N) is 1. The highest BCUT2D eigenvalue weighted by Crippen LogP contribution is 2.30. The molecule has 0 amide bonds. The maximum atomic E-state index is 8.91. The van der Waals surface area contributed by atoms with Crippen molar-refractivity contribution >= 4 is 11.9 Å². The van der Waals surface area contributed by atoms with Crippen molar-refractivity contribution in [2.75, 3.05) is 32.7 Å². The van der Waals surface area contributed by atoms with E-state index in [-0.39, 0.29) is 0 Å². The topological polar surface area (TPSA) is 72.0 Å². The van der Waals surface area contributed by atoms with Crippen LogP contribution in [0.5, 0.6) is 0 Å². The lowest BCUT2D eigenvalue weighted by atomic mass is 9.82. The zero-order valence-electron chi connectivity index (χ0n) is 23.1. The number of rotatable bonds is 12. The Kier molecular flexibility index (Phi) is 9.55. The van der Waals surface area contributed by atoms with Gasteiger partial charge in [0.05, 0.1) is 12.6 Å². The molecule has 3 N–H and O–H groups in total. The van der Waals surface area contributed by atoms with Crippen molar-refractivity contribution in [2.24, 2.45) is 22.6 Å². The van der Waals surface area contributed by atoms with Gasteiger partial charge in [0.15, 0.2) is 11.9 Å². The molecule has 1 aromatic rings. The fraction of sp³-hybridized carbons (Fsp3) is 0.733. The summed E-state index contributed by atoms with van der Waals surface area (Å²) in [4.78, 5) is 11.7. The maximum absolute atomic E-state index is 8.91. The summed E-state index contributed by atoms with van der Waals surface area (Å²) < 4.78 is 0. The van der Waals surface area contributed by atoms with Crippen LogP contribution in [0.25, 0.3) is 0 Å². The third-order valence-corrected chi connectivity index (χ3v) is 8.79. The highest BCUT2D eigenvalue weighted by Gasteiger charge is 2.33. The number of hydrogen-bond acceptors (Lipinski definition) is 4.